The first-order chi connectivity index (χ1) is 9.94. The third kappa shape index (κ3) is 4.96. The fourth-order valence-corrected chi connectivity index (χ4v) is 2.17. The molecule has 3 N–H and O–H groups in total. The molecule has 0 fully saturated rings. The Hall–Kier alpha value is -1.66. The van der Waals surface area contributed by atoms with Crippen LogP contribution in [0.15, 0.2) is 12.1 Å². The average Bonchev–Trinajstić information content (AvgIpc) is 2.45. The number of carbonyl (C=O) groups is 1. The van der Waals surface area contributed by atoms with Crippen molar-refractivity contribution < 1.29 is 41.8 Å². The van der Waals surface area contributed by atoms with E-state index in [0.717, 1.165) is 5.56 Å². The van der Waals surface area contributed by atoms with E-state index < -0.39 is 12.0 Å². The van der Waals surface area contributed by atoms with Crippen molar-refractivity contribution in [2.24, 2.45) is 5.92 Å². The van der Waals surface area contributed by atoms with Crippen molar-refractivity contribution in [2.75, 3.05) is 21.3 Å². The number of aliphatic carboxylic acids is 1. The van der Waals surface area contributed by atoms with Crippen LogP contribution >= 0.6 is 0 Å². The molecule has 22 heavy (non-hydrogen) atoms. The predicted molar refractivity (Wildman–Crippen MR) is 78.0 cm³/mol. The third-order valence-corrected chi connectivity index (χ3v) is 3.34. The van der Waals surface area contributed by atoms with Crippen LogP contribution < -0.4 is 31.9 Å². The Morgan fingerprint density at radius 1 is 1.14 bits per heavy atom. The van der Waals surface area contributed by atoms with Crippen LogP contribution in [0.3, 0.4) is 0 Å². The second kappa shape index (κ2) is 9.38. The summed E-state index contributed by atoms with van der Waals surface area (Å²) in [6, 6.07) is 3.18. The standard InChI is InChI=1S/C15H23NO5.ClH/c1-9(2)13(15(17)18)16-8-10-6-11(19-3)14(21-5)12(7-10)20-4;/h6-7,9,13,16H,8H2,1-5H3,(H,17,18);1H. The van der Waals surface area contributed by atoms with E-state index in [0.29, 0.717) is 23.8 Å². The maximum atomic E-state index is 11.2. The number of rotatable bonds is 8. The minimum Gasteiger partial charge on any atom is -1.00 e. The molecule has 0 aliphatic rings. The monoisotopic (exact) mass is 333 g/mol. The molecule has 6 nitrogen and oxygen atoms in total. The minimum absolute atomic E-state index is 0. The number of hydrogen-bond acceptors (Lipinski definition) is 4. The summed E-state index contributed by atoms with van der Waals surface area (Å²) in [5.41, 5.74) is 0.913. The first kappa shape index (κ1) is 20.3. The molecular formula is C15H24ClNO5. The first-order valence-electron chi connectivity index (χ1n) is 6.79. The Kier molecular flexibility index (Phi) is 8.67. The van der Waals surface area contributed by atoms with E-state index in [1.165, 1.54) is 0 Å². The van der Waals surface area contributed by atoms with Crippen LogP contribution in [0.4, 0.5) is 0 Å². The maximum absolute atomic E-state index is 11.2. The highest BCUT2D eigenvalue weighted by Crippen LogP contribution is 2.37. The fraction of sp³-hybridized carbons (Fsp3) is 0.533. The van der Waals surface area contributed by atoms with Gasteiger partial charge in [0.05, 0.1) is 21.3 Å². The van der Waals surface area contributed by atoms with Crippen LogP contribution in [0.5, 0.6) is 17.2 Å². The topological polar surface area (TPSA) is 81.6 Å². The zero-order valence-corrected chi connectivity index (χ0v) is 14.3. The van der Waals surface area contributed by atoms with E-state index in [1.807, 2.05) is 26.0 Å². The molecule has 1 atom stereocenters. The van der Waals surface area contributed by atoms with Crippen molar-refractivity contribution in [3.63, 3.8) is 0 Å². The summed E-state index contributed by atoms with van der Waals surface area (Å²) in [6.45, 7) is 4.31. The molecule has 126 valence electrons. The number of carboxylic acid groups (broad SMARTS) is 1. The molecule has 0 aromatic heterocycles. The number of halogens is 1. The van der Waals surface area contributed by atoms with Gasteiger partial charge in [-0.05, 0) is 12.1 Å². The van der Waals surface area contributed by atoms with E-state index in [-0.39, 0.29) is 18.3 Å². The lowest BCUT2D eigenvalue weighted by Crippen LogP contribution is -3.00. The highest BCUT2D eigenvalue weighted by Gasteiger charge is 2.25. The molecule has 1 aromatic carbocycles. The quantitative estimate of drug-likeness (QED) is 0.569. The van der Waals surface area contributed by atoms with E-state index in [1.54, 1.807) is 26.6 Å². The van der Waals surface area contributed by atoms with Gasteiger partial charge in [-0.25, -0.2) is 4.79 Å². The van der Waals surface area contributed by atoms with Crippen LogP contribution in [0.2, 0.25) is 0 Å². The number of carboxylic acids is 1. The lowest BCUT2D eigenvalue weighted by atomic mass is 10.0. The number of ether oxygens (including phenoxy) is 3. The van der Waals surface area contributed by atoms with Crippen LogP contribution in [-0.4, -0.2) is 38.4 Å². The Bertz CT molecular complexity index is 468. The first-order valence-corrected chi connectivity index (χ1v) is 6.79. The summed E-state index contributed by atoms with van der Waals surface area (Å²) >= 11 is 0. The SMILES string of the molecule is COc1cc(C[NH2+]C(C(=O)O)C(C)C)cc(OC)c1OC.[Cl-]. The van der Waals surface area contributed by atoms with Gasteiger partial charge in [-0.15, -0.1) is 0 Å². The Morgan fingerprint density at radius 2 is 1.64 bits per heavy atom. The van der Waals surface area contributed by atoms with E-state index in [4.69, 9.17) is 14.2 Å². The van der Waals surface area contributed by atoms with Gasteiger partial charge in [0.15, 0.2) is 17.5 Å². The molecule has 1 rings (SSSR count). The van der Waals surface area contributed by atoms with Gasteiger partial charge < -0.3 is 37.0 Å². The lowest BCUT2D eigenvalue weighted by Gasteiger charge is -2.16. The molecule has 0 aliphatic heterocycles. The van der Waals surface area contributed by atoms with Crippen molar-refractivity contribution in [3.05, 3.63) is 17.7 Å². The molecule has 0 heterocycles. The van der Waals surface area contributed by atoms with Crippen molar-refractivity contribution in [3.8, 4) is 17.2 Å². The molecule has 0 aliphatic carbocycles. The molecular weight excluding hydrogens is 310 g/mol. The van der Waals surface area contributed by atoms with Gasteiger partial charge >= 0.3 is 5.97 Å². The minimum atomic E-state index is -0.808. The molecule has 0 amide bonds. The Morgan fingerprint density at radius 3 is 1.95 bits per heavy atom. The van der Waals surface area contributed by atoms with E-state index >= 15 is 0 Å². The summed E-state index contributed by atoms with van der Waals surface area (Å²) in [6.07, 6.45) is 0. The van der Waals surface area contributed by atoms with Crippen LogP contribution in [0, 0.1) is 5.92 Å². The maximum Gasteiger partial charge on any atom is 0.362 e. The van der Waals surface area contributed by atoms with Crippen LogP contribution in [0.25, 0.3) is 0 Å². The van der Waals surface area contributed by atoms with Gasteiger partial charge in [0.25, 0.3) is 0 Å². The summed E-state index contributed by atoms with van der Waals surface area (Å²) < 4.78 is 15.8. The van der Waals surface area contributed by atoms with Crippen molar-refractivity contribution >= 4 is 5.97 Å². The molecule has 0 bridgehead atoms. The van der Waals surface area contributed by atoms with Gasteiger partial charge in [-0.3, -0.25) is 0 Å². The largest absolute Gasteiger partial charge is 1.00 e. The zero-order chi connectivity index (χ0) is 16.0. The summed E-state index contributed by atoms with van der Waals surface area (Å²) in [7, 11) is 4.66. The average molecular weight is 334 g/mol. The Labute approximate surface area is 137 Å². The van der Waals surface area contributed by atoms with E-state index in [9.17, 15) is 9.90 Å². The zero-order valence-electron chi connectivity index (χ0n) is 13.6. The van der Waals surface area contributed by atoms with Gasteiger partial charge in [0.1, 0.15) is 6.54 Å². The summed E-state index contributed by atoms with van der Waals surface area (Å²) in [5, 5.41) is 11.0. The number of quaternary nitrogens is 1. The second-order valence-electron chi connectivity index (χ2n) is 5.08. The number of methoxy groups -OCH3 is 3. The highest BCUT2D eigenvalue weighted by molar-refractivity contribution is 5.71. The Balaban J connectivity index is 0.00000441. The molecule has 0 radical (unpaired) electrons. The molecule has 1 aromatic rings. The number of hydrogen-bond donors (Lipinski definition) is 2. The van der Waals surface area contributed by atoms with Crippen LogP contribution in [0.1, 0.15) is 19.4 Å². The van der Waals surface area contributed by atoms with E-state index in [2.05, 4.69) is 0 Å². The molecule has 7 heteroatoms. The number of nitrogens with two attached hydrogens (primary N) is 1. The molecule has 0 saturated heterocycles. The van der Waals surface area contributed by atoms with Crippen molar-refractivity contribution in [1.29, 1.82) is 0 Å². The van der Waals surface area contributed by atoms with Gasteiger partial charge in [-0.2, -0.15) is 0 Å². The summed E-state index contributed by atoms with van der Waals surface area (Å²) in [5.74, 6) is 0.901. The predicted octanol–water partition coefficient (Wildman–Crippen LogP) is -2.11. The van der Waals surface area contributed by atoms with Gasteiger partial charge in [-0.1, -0.05) is 13.8 Å². The highest BCUT2D eigenvalue weighted by atomic mass is 35.5. The smallest absolute Gasteiger partial charge is 0.362 e. The van der Waals surface area contributed by atoms with Crippen molar-refractivity contribution in [1.82, 2.24) is 0 Å². The normalized spacial score (nSPS) is 11.5. The fourth-order valence-electron chi connectivity index (χ4n) is 2.17. The summed E-state index contributed by atoms with van der Waals surface area (Å²) in [4.78, 5) is 11.2. The molecule has 0 spiro atoms. The molecule has 1 unspecified atom stereocenters. The molecule has 0 saturated carbocycles. The van der Waals surface area contributed by atoms with Gasteiger partial charge in [0.2, 0.25) is 5.75 Å². The van der Waals surface area contributed by atoms with Gasteiger partial charge in [0, 0.05) is 11.5 Å². The third-order valence-electron chi connectivity index (χ3n) is 3.34. The van der Waals surface area contributed by atoms with Crippen molar-refractivity contribution in [2.45, 2.75) is 26.4 Å². The lowest BCUT2D eigenvalue weighted by molar-refractivity contribution is -0.698. The second-order valence-corrected chi connectivity index (χ2v) is 5.08. The van der Waals surface area contributed by atoms with Crippen LogP contribution in [-0.2, 0) is 11.3 Å². The number of benzene rings is 1.